The standard InChI is InChI=1S/C12H18ClN3O3/c1-15(7-8-19-2)6-5-14-11-9-10(13)3-4-12(11)16(17)18/h3-4,9,14H,5-8H2,1-2H3. The van der Waals surface area contributed by atoms with Crippen LogP contribution in [0.3, 0.4) is 0 Å². The van der Waals surface area contributed by atoms with Crippen LogP contribution in [0, 0.1) is 10.1 Å². The first-order chi connectivity index (χ1) is 9.04. The molecule has 0 atom stereocenters. The Hall–Kier alpha value is -1.37. The molecule has 1 rings (SSSR count). The van der Waals surface area contributed by atoms with Crippen molar-refractivity contribution in [2.24, 2.45) is 0 Å². The van der Waals surface area contributed by atoms with Crippen molar-refractivity contribution in [3.8, 4) is 0 Å². The molecule has 1 aromatic carbocycles. The SMILES string of the molecule is COCCN(C)CCNc1cc(Cl)ccc1[N+](=O)[O-]. The van der Waals surface area contributed by atoms with Gasteiger partial charge in [0.15, 0.2) is 0 Å². The van der Waals surface area contributed by atoms with E-state index in [1.54, 1.807) is 13.2 Å². The average Bonchev–Trinajstić information content (AvgIpc) is 2.36. The van der Waals surface area contributed by atoms with Crippen molar-refractivity contribution in [3.63, 3.8) is 0 Å². The number of likely N-dealkylation sites (N-methyl/N-ethyl adjacent to an activating group) is 1. The van der Waals surface area contributed by atoms with Crippen LogP contribution in [0.4, 0.5) is 11.4 Å². The van der Waals surface area contributed by atoms with Crippen molar-refractivity contribution in [1.29, 1.82) is 0 Å². The molecule has 0 bridgehead atoms. The maximum Gasteiger partial charge on any atom is 0.292 e. The van der Waals surface area contributed by atoms with Gasteiger partial charge in [0.2, 0.25) is 0 Å². The molecule has 106 valence electrons. The summed E-state index contributed by atoms with van der Waals surface area (Å²) in [5.41, 5.74) is 0.474. The highest BCUT2D eigenvalue weighted by Gasteiger charge is 2.13. The molecule has 0 saturated carbocycles. The zero-order chi connectivity index (χ0) is 14.3. The van der Waals surface area contributed by atoms with E-state index in [9.17, 15) is 10.1 Å². The Kier molecular flexibility index (Phi) is 6.55. The van der Waals surface area contributed by atoms with E-state index < -0.39 is 4.92 Å². The van der Waals surface area contributed by atoms with Crippen LogP contribution in [0.15, 0.2) is 18.2 Å². The second kappa shape index (κ2) is 7.93. The van der Waals surface area contributed by atoms with Crippen LogP contribution in [0.2, 0.25) is 5.02 Å². The minimum Gasteiger partial charge on any atom is -0.383 e. The predicted octanol–water partition coefficient (Wildman–Crippen LogP) is 2.24. The van der Waals surface area contributed by atoms with Gasteiger partial charge in [-0.05, 0) is 19.2 Å². The van der Waals surface area contributed by atoms with Crippen molar-refractivity contribution >= 4 is 23.0 Å². The third-order valence-corrected chi connectivity index (χ3v) is 2.88. The molecule has 0 aliphatic rings. The topological polar surface area (TPSA) is 67.6 Å². The van der Waals surface area contributed by atoms with Gasteiger partial charge in [-0.1, -0.05) is 11.6 Å². The number of nitro benzene ring substituents is 1. The Balaban J connectivity index is 2.52. The Bertz CT molecular complexity index is 429. The zero-order valence-corrected chi connectivity index (χ0v) is 11.8. The molecule has 0 amide bonds. The Morgan fingerprint density at radius 2 is 2.21 bits per heavy atom. The fourth-order valence-corrected chi connectivity index (χ4v) is 1.72. The summed E-state index contributed by atoms with van der Waals surface area (Å²) in [7, 11) is 3.62. The van der Waals surface area contributed by atoms with E-state index in [-0.39, 0.29) is 5.69 Å². The largest absolute Gasteiger partial charge is 0.383 e. The van der Waals surface area contributed by atoms with Gasteiger partial charge in [0.05, 0.1) is 11.5 Å². The molecule has 0 unspecified atom stereocenters. The molecule has 1 N–H and O–H groups in total. The van der Waals surface area contributed by atoms with E-state index in [0.29, 0.717) is 23.9 Å². The van der Waals surface area contributed by atoms with Crippen molar-refractivity contribution in [2.75, 3.05) is 45.7 Å². The molecule has 0 aliphatic heterocycles. The molecular formula is C12H18ClN3O3. The Morgan fingerprint density at radius 1 is 1.47 bits per heavy atom. The molecular weight excluding hydrogens is 270 g/mol. The molecule has 1 aromatic rings. The molecule has 6 nitrogen and oxygen atoms in total. The minimum atomic E-state index is -0.423. The van der Waals surface area contributed by atoms with E-state index in [0.717, 1.165) is 13.1 Å². The van der Waals surface area contributed by atoms with Gasteiger partial charge >= 0.3 is 0 Å². The van der Waals surface area contributed by atoms with Crippen LogP contribution in [-0.2, 0) is 4.74 Å². The van der Waals surface area contributed by atoms with E-state index in [1.807, 2.05) is 7.05 Å². The van der Waals surface area contributed by atoms with Crippen molar-refractivity contribution in [2.45, 2.75) is 0 Å². The number of anilines is 1. The monoisotopic (exact) mass is 287 g/mol. The maximum atomic E-state index is 10.9. The number of hydrogen-bond donors (Lipinski definition) is 1. The van der Waals surface area contributed by atoms with Crippen LogP contribution >= 0.6 is 11.6 Å². The Labute approximate surface area is 117 Å². The van der Waals surface area contributed by atoms with Gasteiger partial charge < -0.3 is 15.0 Å². The molecule has 0 heterocycles. The highest BCUT2D eigenvalue weighted by molar-refractivity contribution is 6.31. The fraction of sp³-hybridized carbons (Fsp3) is 0.500. The maximum absolute atomic E-state index is 10.9. The molecule has 0 spiro atoms. The molecule has 7 heteroatoms. The molecule has 0 saturated heterocycles. The predicted molar refractivity (Wildman–Crippen MR) is 76.0 cm³/mol. The summed E-state index contributed by atoms with van der Waals surface area (Å²) in [4.78, 5) is 12.5. The molecule has 0 aromatic heterocycles. The van der Waals surface area contributed by atoms with E-state index in [1.165, 1.54) is 12.1 Å². The molecule has 0 fully saturated rings. The van der Waals surface area contributed by atoms with E-state index >= 15 is 0 Å². The number of hydrogen-bond acceptors (Lipinski definition) is 5. The number of rotatable bonds is 8. The van der Waals surface area contributed by atoms with Gasteiger partial charge in [0, 0.05) is 37.8 Å². The first kappa shape index (κ1) is 15.7. The number of methoxy groups -OCH3 is 1. The molecule has 0 aliphatic carbocycles. The lowest BCUT2D eigenvalue weighted by Crippen LogP contribution is -2.28. The summed E-state index contributed by atoms with van der Waals surface area (Å²) in [6.45, 7) is 2.83. The quantitative estimate of drug-likeness (QED) is 0.587. The van der Waals surface area contributed by atoms with Gasteiger partial charge in [0.25, 0.3) is 5.69 Å². The third-order valence-electron chi connectivity index (χ3n) is 2.64. The summed E-state index contributed by atoms with van der Waals surface area (Å²) in [5, 5.41) is 14.4. The normalized spacial score (nSPS) is 10.7. The number of nitro groups is 1. The van der Waals surface area contributed by atoms with Gasteiger partial charge in [-0.3, -0.25) is 10.1 Å². The molecule has 19 heavy (non-hydrogen) atoms. The number of halogens is 1. The lowest BCUT2D eigenvalue weighted by molar-refractivity contribution is -0.384. The highest BCUT2D eigenvalue weighted by atomic mass is 35.5. The summed E-state index contributed by atoms with van der Waals surface area (Å²) in [6.07, 6.45) is 0. The Morgan fingerprint density at radius 3 is 2.84 bits per heavy atom. The number of nitrogens with zero attached hydrogens (tertiary/aromatic N) is 2. The second-order valence-corrected chi connectivity index (χ2v) is 4.58. The summed E-state index contributed by atoms with van der Waals surface area (Å²) in [5.74, 6) is 0. The lowest BCUT2D eigenvalue weighted by Gasteiger charge is -2.16. The number of nitrogens with one attached hydrogen (secondary N) is 1. The van der Waals surface area contributed by atoms with Crippen LogP contribution in [0.5, 0.6) is 0 Å². The summed E-state index contributed by atoms with van der Waals surface area (Å²) in [6, 6.07) is 4.48. The first-order valence-electron chi connectivity index (χ1n) is 5.90. The van der Waals surface area contributed by atoms with Crippen molar-refractivity contribution in [3.05, 3.63) is 33.3 Å². The van der Waals surface area contributed by atoms with E-state index in [2.05, 4.69) is 10.2 Å². The fourth-order valence-electron chi connectivity index (χ4n) is 1.55. The number of benzene rings is 1. The first-order valence-corrected chi connectivity index (χ1v) is 6.27. The zero-order valence-electron chi connectivity index (χ0n) is 11.1. The van der Waals surface area contributed by atoms with Crippen LogP contribution in [0.1, 0.15) is 0 Å². The van der Waals surface area contributed by atoms with Crippen molar-refractivity contribution < 1.29 is 9.66 Å². The van der Waals surface area contributed by atoms with Crippen LogP contribution in [-0.4, -0.2) is 50.2 Å². The van der Waals surface area contributed by atoms with E-state index in [4.69, 9.17) is 16.3 Å². The summed E-state index contributed by atoms with van der Waals surface area (Å²) < 4.78 is 4.97. The van der Waals surface area contributed by atoms with Crippen LogP contribution < -0.4 is 5.32 Å². The average molecular weight is 288 g/mol. The molecule has 0 radical (unpaired) electrons. The highest BCUT2D eigenvalue weighted by Crippen LogP contribution is 2.27. The summed E-state index contributed by atoms with van der Waals surface area (Å²) >= 11 is 5.84. The van der Waals surface area contributed by atoms with Gasteiger partial charge in [0.1, 0.15) is 5.69 Å². The third kappa shape index (κ3) is 5.42. The number of ether oxygens (including phenoxy) is 1. The second-order valence-electron chi connectivity index (χ2n) is 4.14. The minimum absolute atomic E-state index is 0.0314. The van der Waals surface area contributed by atoms with Crippen molar-refractivity contribution in [1.82, 2.24) is 4.90 Å². The van der Waals surface area contributed by atoms with Gasteiger partial charge in [-0.15, -0.1) is 0 Å². The van der Waals surface area contributed by atoms with Gasteiger partial charge in [-0.25, -0.2) is 0 Å². The van der Waals surface area contributed by atoms with Crippen LogP contribution in [0.25, 0.3) is 0 Å². The smallest absolute Gasteiger partial charge is 0.292 e. The lowest BCUT2D eigenvalue weighted by atomic mass is 10.2. The van der Waals surface area contributed by atoms with Gasteiger partial charge in [-0.2, -0.15) is 0 Å².